The Morgan fingerprint density at radius 3 is 2.56 bits per heavy atom. The number of amidine groups is 1. The van der Waals surface area contributed by atoms with Gasteiger partial charge in [-0.1, -0.05) is 53.5 Å². The molecule has 1 aliphatic heterocycles. The van der Waals surface area contributed by atoms with E-state index < -0.39 is 0 Å². The van der Waals surface area contributed by atoms with Crippen LogP contribution in [0.4, 0.5) is 5.69 Å². The summed E-state index contributed by atoms with van der Waals surface area (Å²) in [4.78, 5) is 17.4. The minimum atomic E-state index is -0.222. The van der Waals surface area contributed by atoms with Crippen LogP contribution in [0.5, 0.6) is 11.5 Å². The van der Waals surface area contributed by atoms with Gasteiger partial charge in [0.05, 0.1) is 22.7 Å². The smallest absolute Gasteiger partial charge is 0.264 e. The molecule has 1 amide bonds. The van der Waals surface area contributed by atoms with Crippen molar-refractivity contribution in [3.05, 3.63) is 92.8 Å². The van der Waals surface area contributed by atoms with Gasteiger partial charge in [0.25, 0.3) is 5.91 Å². The molecule has 162 valence electrons. The van der Waals surface area contributed by atoms with Crippen molar-refractivity contribution in [1.82, 2.24) is 5.32 Å². The topological polar surface area (TPSA) is 59.9 Å². The third-order valence-corrected chi connectivity index (χ3v) is 6.00. The molecule has 3 aromatic rings. The van der Waals surface area contributed by atoms with Crippen molar-refractivity contribution in [2.24, 2.45) is 4.99 Å². The van der Waals surface area contributed by atoms with Gasteiger partial charge in [0.15, 0.2) is 16.7 Å². The zero-order chi connectivity index (χ0) is 22.5. The van der Waals surface area contributed by atoms with Gasteiger partial charge >= 0.3 is 0 Å². The van der Waals surface area contributed by atoms with E-state index in [1.165, 1.54) is 11.8 Å². The molecule has 0 spiro atoms. The van der Waals surface area contributed by atoms with Crippen molar-refractivity contribution in [3.8, 4) is 11.5 Å². The summed E-state index contributed by atoms with van der Waals surface area (Å²) in [5.41, 5.74) is 2.38. The van der Waals surface area contributed by atoms with Crippen LogP contribution in [0, 0.1) is 0 Å². The van der Waals surface area contributed by atoms with Crippen LogP contribution in [0.1, 0.15) is 11.1 Å². The number of rotatable bonds is 6. The highest BCUT2D eigenvalue weighted by Gasteiger charge is 2.24. The molecule has 0 aliphatic carbocycles. The number of hydrogen-bond acceptors (Lipinski definition) is 5. The molecule has 1 aliphatic rings. The summed E-state index contributed by atoms with van der Waals surface area (Å²) in [7, 11) is 1.58. The maximum Gasteiger partial charge on any atom is 0.264 e. The van der Waals surface area contributed by atoms with Gasteiger partial charge in [-0.2, -0.15) is 0 Å². The highest BCUT2D eigenvalue weighted by atomic mass is 35.5. The van der Waals surface area contributed by atoms with Crippen molar-refractivity contribution in [3.63, 3.8) is 0 Å². The van der Waals surface area contributed by atoms with Crippen LogP contribution in [0.25, 0.3) is 6.08 Å². The Morgan fingerprint density at radius 1 is 1.03 bits per heavy atom. The molecule has 3 aromatic carbocycles. The van der Waals surface area contributed by atoms with Gasteiger partial charge in [-0.15, -0.1) is 0 Å². The van der Waals surface area contributed by atoms with E-state index >= 15 is 0 Å². The second-order valence-electron chi connectivity index (χ2n) is 6.76. The molecular formula is C24H18Cl2N2O3S. The maximum atomic E-state index is 12.4. The predicted octanol–water partition coefficient (Wildman–Crippen LogP) is 6.47. The third-order valence-electron chi connectivity index (χ3n) is 4.52. The van der Waals surface area contributed by atoms with Gasteiger partial charge in [-0.05, 0) is 65.4 Å². The van der Waals surface area contributed by atoms with Gasteiger partial charge in [0.1, 0.15) is 6.61 Å². The fraction of sp³-hybridized carbons (Fsp3) is 0.0833. The second kappa shape index (κ2) is 10.1. The van der Waals surface area contributed by atoms with Crippen LogP contribution in [-0.2, 0) is 11.4 Å². The van der Waals surface area contributed by atoms with Crippen molar-refractivity contribution < 1.29 is 14.3 Å². The van der Waals surface area contributed by atoms with Crippen molar-refractivity contribution in [1.29, 1.82) is 0 Å². The molecule has 1 saturated heterocycles. The first-order valence-electron chi connectivity index (χ1n) is 9.61. The van der Waals surface area contributed by atoms with Crippen LogP contribution >= 0.6 is 35.0 Å². The fourth-order valence-electron chi connectivity index (χ4n) is 2.92. The highest BCUT2D eigenvalue weighted by Crippen LogP contribution is 2.33. The molecule has 1 N–H and O–H groups in total. The number of methoxy groups -OCH3 is 1. The van der Waals surface area contributed by atoms with Gasteiger partial charge in [-0.25, -0.2) is 4.99 Å². The number of hydrogen-bond donors (Lipinski definition) is 1. The molecule has 5 nitrogen and oxygen atoms in total. The number of carbonyl (C=O) groups excluding carboxylic acids is 1. The Labute approximate surface area is 200 Å². The lowest BCUT2D eigenvalue weighted by Gasteiger charge is -2.12. The van der Waals surface area contributed by atoms with E-state index in [0.29, 0.717) is 43.9 Å². The number of aliphatic imine (C=N–C) groups is 1. The maximum absolute atomic E-state index is 12.4. The number of nitrogens with zero attached hydrogens (tertiary/aromatic N) is 1. The van der Waals surface area contributed by atoms with Gasteiger partial charge in [0.2, 0.25) is 0 Å². The Bertz CT molecular complexity index is 1210. The van der Waals surface area contributed by atoms with Gasteiger partial charge in [0, 0.05) is 5.02 Å². The normalized spacial score (nSPS) is 15.8. The van der Waals surface area contributed by atoms with E-state index in [9.17, 15) is 4.79 Å². The molecule has 8 heteroatoms. The average molecular weight is 485 g/mol. The van der Waals surface area contributed by atoms with Gasteiger partial charge < -0.3 is 14.8 Å². The summed E-state index contributed by atoms with van der Waals surface area (Å²) in [5.74, 6) is 0.955. The number of nitrogens with one attached hydrogen (secondary N) is 1. The molecule has 0 bridgehead atoms. The molecule has 4 rings (SSSR count). The third kappa shape index (κ3) is 5.46. The number of ether oxygens (including phenoxy) is 2. The van der Waals surface area contributed by atoms with E-state index in [0.717, 1.165) is 11.1 Å². The molecule has 1 heterocycles. The molecular weight excluding hydrogens is 467 g/mol. The van der Waals surface area contributed by atoms with E-state index in [1.807, 2.05) is 48.5 Å². The molecule has 0 aromatic heterocycles. The minimum absolute atomic E-state index is 0.222. The summed E-state index contributed by atoms with van der Waals surface area (Å²) in [6.07, 6.45) is 1.78. The van der Waals surface area contributed by atoms with Crippen LogP contribution in [0.2, 0.25) is 10.0 Å². The summed E-state index contributed by atoms with van der Waals surface area (Å²) in [6, 6.07) is 20.1. The monoisotopic (exact) mass is 484 g/mol. The number of benzene rings is 3. The second-order valence-corrected chi connectivity index (χ2v) is 8.63. The van der Waals surface area contributed by atoms with Crippen LogP contribution in [0.3, 0.4) is 0 Å². The summed E-state index contributed by atoms with van der Waals surface area (Å²) in [5, 5.41) is 4.43. The Morgan fingerprint density at radius 2 is 1.81 bits per heavy atom. The lowest BCUT2D eigenvalue weighted by atomic mass is 10.2. The number of amides is 1. The molecule has 1 fully saturated rings. The Kier molecular flexibility index (Phi) is 7.05. The number of thioether (sulfide) groups is 1. The quantitative estimate of drug-likeness (QED) is 0.407. The standard InChI is InChI=1S/C24H18Cl2N2O3S/c1-30-20-11-8-16(12-21(20)31-14-15-6-9-17(25)10-7-15)13-22-23(29)28-24(32-22)27-19-5-3-2-4-18(19)26/h2-13H,14H2,1H3,(H,27,28,29)/b22-13+. The number of para-hydroxylation sites is 1. The van der Waals surface area contributed by atoms with Crippen LogP contribution in [0.15, 0.2) is 76.6 Å². The Hall–Kier alpha value is -2.93. The molecule has 0 saturated carbocycles. The average Bonchev–Trinajstić information content (AvgIpc) is 3.13. The van der Waals surface area contributed by atoms with E-state index in [2.05, 4.69) is 10.3 Å². The molecule has 0 radical (unpaired) electrons. The molecule has 0 unspecified atom stereocenters. The SMILES string of the molecule is COc1ccc(/C=C2/SC(=Nc3ccccc3Cl)NC2=O)cc1OCc1ccc(Cl)cc1. The fourth-order valence-corrected chi connectivity index (χ4v) is 4.06. The Balaban J connectivity index is 1.53. The number of halogens is 2. The minimum Gasteiger partial charge on any atom is -0.493 e. The first-order valence-corrected chi connectivity index (χ1v) is 11.2. The van der Waals surface area contributed by atoms with Crippen LogP contribution in [-0.4, -0.2) is 18.2 Å². The largest absolute Gasteiger partial charge is 0.493 e. The summed E-state index contributed by atoms with van der Waals surface area (Å²) in [6.45, 7) is 0.359. The van der Waals surface area contributed by atoms with Crippen molar-refractivity contribution >= 4 is 57.8 Å². The van der Waals surface area contributed by atoms with E-state index in [4.69, 9.17) is 32.7 Å². The summed E-state index contributed by atoms with van der Waals surface area (Å²) < 4.78 is 11.4. The lowest BCUT2D eigenvalue weighted by Crippen LogP contribution is -2.19. The van der Waals surface area contributed by atoms with E-state index in [-0.39, 0.29) is 5.91 Å². The van der Waals surface area contributed by atoms with Gasteiger partial charge in [-0.3, -0.25) is 4.79 Å². The zero-order valence-electron chi connectivity index (χ0n) is 17.0. The first kappa shape index (κ1) is 22.3. The number of carbonyl (C=O) groups is 1. The molecule has 0 atom stereocenters. The predicted molar refractivity (Wildman–Crippen MR) is 131 cm³/mol. The molecule has 32 heavy (non-hydrogen) atoms. The summed E-state index contributed by atoms with van der Waals surface area (Å²) >= 11 is 13.3. The first-order chi connectivity index (χ1) is 15.5. The highest BCUT2D eigenvalue weighted by molar-refractivity contribution is 8.18. The lowest BCUT2D eigenvalue weighted by molar-refractivity contribution is -0.115. The zero-order valence-corrected chi connectivity index (χ0v) is 19.3. The van der Waals surface area contributed by atoms with Crippen molar-refractivity contribution in [2.75, 3.05) is 7.11 Å². The van der Waals surface area contributed by atoms with E-state index in [1.54, 1.807) is 31.4 Å². The van der Waals surface area contributed by atoms with Crippen LogP contribution < -0.4 is 14.8 Å². The van der Waals surface area contributed by atoms with Crippen molar-refractivity contribution in [2.45, 2.75) is 6.61 Å².